The number of nitrogens with one attached hydrogen (secondary N) is 1. The van der Waals surface area contributed by atoms with E-state index in [0.29, 0.717) is 18.1 Å². The molecular formula is C26H25N3O2S2. The summed E-state index contributed by atoms with van der Waals surface area (Å²) in [6.07, 6.45) is 1.82. The Morgan fingerprint density at radius 3 is 2.58 bits per heavy atom. The van der Waals surface area contributed by atoms with Crippen LogP contribution in [0.2, 0.25) is 0 Å². The minimum Gasteiger partial charge on any atom is -0.381 e. The highest BCUT2D eigenvalue weighted by molar-refractivity contribution is 8.00. The van der Waals surface area contributed by atoms with Gasteiger partial charge in [-0.3, -0.25) is 4.79 Å². The molecule has 1 fully saturated rings. The molecule has 0 spiro atoms. The van der Waals surface area contributed by atoms with Crippen molar-refractivity contribution in [2.45, 2.75) is 23.3 Å². The van der Waals surface area contributed by atoms with Crippen LogP contribution in [-0.4, -0.2) is 41.4 Å². The first-order valence-corrected chi connectivity index (χ1v) is 12.9. The number of para-hydroxylation sites is 1. The lowest BCUT2D eigenvalue weighted by molar-refractivity contribution is -0.119. The average molecular weight is 476 g/mol. The highest BCUT2D eigenvalue weighted by Crippen LogP contribution is 2.34. The lowest BCUT2D eigenvalue weighted by atomic mass is 9.74. The normalized spacial score (nSPS) is 15.4. The third-order valence-corrected chi connectivity index (χ3v) is 7.97. The van der Waals surface area contributed by atoms with Crippen LogP contribution in [0, 0.1) is 0 Å². The Labute approximate surface area is 201 Å². The van der Waals surface area contributed by atoms with Gasteiger partial charge in [-0.15, -0.1) is 11.3 Å². The van der Waals surface area contributed by atoms with Crippen molar-refractivity contribution in [3.63, 3.8) is 0 Å². The Kier molecular flexibility index (Phi) is 6.71. The average Bonchev–Trinajstić information content (AvgIpc) is 3.42. The molecule has 1 amide bonds. The smallest absolute Gasteiger partial charge is 0.230 e. The molecule has 2 aromatic carbocycles. The van der Waals surface area contributed by atoms with Crippen molar-refractivity contribution >= 4 is 39.9 Å². The fourth-order valence-electron chi connectivity index (χ4n) is 4.25. The number of thioether (sulfide) groups is 1. The van der Waals surface area contributed by atoms with Crippen LogP contribution in [0.25, 0.3) is 21.6 Å². The predicted octanol–water partition coefficient (Wildman–Crippen LogP) is 5.32. The fraction of sp³-hybridized carbons (Fsp3) is 0.269. The van der Waals surface area contributed by atoms with E-state index in [-0.39, 0.29) is 11.3 Å². The molecule has 1 saturated heterocycles. The molecule has 5 nitrogen and oxygen atoms in total. The zero-order valence-electron chi connectivity index (χ0n) is 18.2. The largest absolute Gasteiger partial charge is 0.381 e. The van der Waals surface area contributed by atoms with E-state index in [1.165, 1.54) is 17.3 Å². The minimum atomic E-state index is -0.0756. The van der Waals surface area contributed by atoms with Gasteiger partial charge in [0.1, 0.15) is 5.03 Å². The first-order valence-electron chi connectivity index (χ1n) is 11.1. The molecule has 0 saturated carbocycles. The second kappa shape index (κ2) is 10.0. The molecule has 2 aromatic heterocycles. The van der Waals surface area contributed by atoms with E-state index in [1.54, 1.807) is 11.3 Å². The predicted molar refractivity (Wildman–Crippen MR) is 135 cm³/mol. The molecule has 1 aliphatic heterocycles. The van der Waals surface area contributed by atoms with Gasteiger partial charge in [0.05, 0.1) is 16.1 Å². The van der Waals surface area contributed by atoms with Crippen LogP contribution in [0.4, 0.5) is 0 Å². The van der Waals surface area contributed by atoms with Crippen molar-refractivity contribution in [1.82, 2.24) is 15.3 Å². The number of carbonyl (C=O) groups is 1. The third-order valence-electron chi connectivity index (χ3n) is 6.11. The number of aromatic nitrogens is 2. The van der Waals surface area contributed by atoms with Gasteiger partial charge in [-0.1, -0.05) is 66.4 Å². The van der Waals surface area contributed by atoms with E-state index >= 15 is 0 Å². The number of nitrogens with zero attached hydrogens (tertiary/aromatic N) is 2. The molecule has 4 aromatic rings. The molecule has 0 atom stereocenters. The van der Waals surface area contributed by atoms with Gasteiger partial charge in [0.2, 0.25) is 5.91 Å². The first kappa shape index (κ1) is 22.1. The van der Waals surface area contributed by atoms with Gasteiger partial charge in [-0.05, 0) is 35.9 Å². The van der Waals surface area contributed by atoms with Crippen molar-refractivity contribution in [1.29, 1.82) is 0 Å². The number of amides is 1. The van der Waals surface area contributed by atoms with Crippen molar-refractivity contribution < 1.29 is 9.53 Å². The summed E-state index contributed by atoms with van der Waals surface area (Å²) in [5, 5.41) is 7.03. The number of benzene rings is 2. The summed E-state index contributed by atoms with van der Waals surface area (Å²) in [4.78, 5) is 23.4. The van der Waals surface area contributed by atoms with Gasteiger partial charge in [0.15, 0.2) is 5.82 Å². The minimum absolute atomic E-state index is 0.0159. The van der Waals surface area contributed by atoms with Crippen LogP contribution in [-0.2, 0) is 14.9 Å². The van der Waals surface area contributed by atoms with Crippen LogP contribution in [0.3, 0.4) is 0 Å². The zero-order chi connectivity index (χ0) is 22.5. The molecule has 7 heteroatoms. The van der Waals surface area contributed by atoms with Gasteiger partial charge < -0.3 is 10.1 Å². The maximum absolute atomic E-state index is 12.9. The molecule has 1 N–H and O–H groups in total. The molecule has 0 bridgehead atoms. The molecule has 168 valence electrons. The Morgan fingerprint density at radius 1 is 1.00 bits per heavy atom. The molecule has 0 unspecified atom stereocenters. The molecule has 33 heavy (non-hydrogen) atoms. The topological polar surface area (TPSA) is 64.1 Å². The maximum Gasteiger partial charge on any atom is 0.230 e. The summed E-state index contributed by atoms with van der Waals surface area (Å²) >= 11 is 3.08. The van der Waals surface area contributed by atoms with Crippen LogP contribution >= 0.6 is 23.1 Å². The van der Waals surface area contributed by atoms with E-state index in [1.807, 2.05) is 47.8 Å². The lowest BCUT2D eigenvalue weighted by Gasteiger charge is -2.38. The summed E-state index contributed by atoms with van der Waals surface area (Å²) < 4.78 is 5.61. The van der Waals surface area contributed by atoms with E-state index in [2.05, 4.69) is 29.6 Å². The molecule has 0 aliphatic carbocycles. The van der Waals surface area contributed by atoms with Gasteiger partial charge in [-0.2, -0.15) is 0 Å². The van der Waals surface area contributed by atoms with E-state index in [4.69, 9.17) is 14.7 Å². The summed E-state index contributed by atoms with van der Waals surface area (Å²) in [6.45, 7) is 2.06. The number of hydrogen-bond acceptors (Lipinski definition) is 6. The standard InChI is InChI=1S/C26H25N3O2S2/c30-23(27-18-26(12-14-31-15-13-26)19-7-2-1-3-8-19)17-33-25-20-9-4-5-10-21(20)28-24(29-25)22-11-6-16-32-22/h1-11,16H,12-15,17-18H2,(H,27,30). The highest BCUT2D eigenvalue weighted by atomic mass is 32.2. The van der Waals surface area contributed by atoms with Crippen LogP contribution in [0.5, 0.6) is 0 Å². The van der Waals surface area contributed by atoms with E-state index in [0.717, 1.165) is 46.9 Å². The van der Waals surface area contributed by atoms with Crippen LogP contribution < -0.4 is 5.32 Å². The number of thiophene rings is 1. The number of hydrogen-bond donors (Lipinski definition) is 1. The molecule has 0 radical (unpaired) electrons. The van der Waals surface area contributed by atoms with Crippen molar-refractivity contribution in [2.75, 3.05) is 25.5 Å². The van der Waals surface area contributed by atoms with Gasteiger partial charge in [-0.25, -0.2) is 9.97 Å². The number of ether oxygens (including phenoxy) is 1. The van der Waals surface area contributed by atoms with Crippen LogP contribution in [0.15, 0.2) is 77.1 Å². The molecule has 5 rings (SSSR count). The van der Waals surface area contributed by atoms with E-state index in [9.17, 15) is 4.79 Å². The molecule has 3 heterocycles. The Balaban J connectivity index is 1.30. The van der Waals surface area contributed by atoms with Crippen molar-refractivity contribution in [3.05, 3.63) is 77.7 Å². The second-order valence-corrected chi connectivity index (χ2v) is 10.1. The third kappa shape index (κ3) is 4.95. The Bertz CT molecular complexity index is 1220. The molecular weight excluding hydrogens is 450 g/mol. The van der Waals surface area contributed by atoms with Crippen LogP contribution in [0.1, 0.15) is 18.4 Å². The number of carbonyl (C=O) groups excluding carboxylic acids is 1. The maximum atomic E-state index is 12.9. The van der Waals surface area contributed by atoms with Gasteiger partial charge >= 0.3 is 0 Å². The first-order chi connectivity index (χ1) is 16.2. The van der Waals surface area contributed by atoms with Gasteiger partial charge in [0, 0.05) is 30.6 Å². The fourth-order valence-corrected chi connectivity index (χ4v) is 5.75. The number of rotatable bonds is 7. The highest BCUT2D eigenvalue weighted by Gasteiger charge is 2.34. The lowest BCUT2D eigenvalue weighted by Crippen LogP contribution is -2.45. The summed E-state index contributed by atoms with van der Waals surface area (Å²) in [5.74, 6) is 1.03. The van der Waals surface area contributed by atoms with E-state index < -0.39 is 0 Å². The second-order valence-electron chi connectivity index (χ2n) is 8.17. The van der Waals surface area contributed by atoms with Crippen molar-refractivity contribution in [2.24, 2.45) is 0 Å². The summed E-state index contributed by atoms with van der Waals surface area (Å²) in [7, 11) is 0. The SMILES string of the molecule is O=C(CSc1nc(-c2cccs2)nc2ccccc12)NCC1(c2ccccc2)CCOCC1. The quantitative estimate of drug-likeness (QED) is 0.290. The Morgan fingerprint density at radius 2 is 1.79 bits per heavy atom. The van der Waals surface area contributed by atoms with Crippen molar-refractivity contribution in [3.8, 4) is 10.7 Å². The Hall–Kier alpha value is -2.74. The number of fused-ring (bicyclic) bond motifs is 1. The monoisotopic (exact) mass is 475 g/mol. The van der Waals surface area contributed by atoms with Gasteiger partial charge in [0.25, 0.3) is 0 Å². The zero-order valence-corrected chi connectivity index (χ0v) is 19.8. The molecule has 1 aliphatic rings. The summed E-state index contributed by atoms with van der Waals surface area (Å²) in [5.41, 5.74) is 2.08. The summed E-state index contributed by atoms with van der Waals surface area (Å²) in [6, 6.07) is 22.5.